The number of hydrogen-bond acceptors (Lipinski definition) is 3. The number of alkyl halides is 2. The molecule has 1 aromatic carbocycles. The number of amides is 1. The average Bonchev–Trinajstić information content (AvgIpc) is 2.88. The number of nitrogens with zero attached hydrogens (tertiary/aromatic N) is 2. The quantitative estimate of drug-likeness (QED) is 0.910. The van der Waals surface area contributed by atoms with Crippen molar-refractivity contribution in [3.05, 3.63) is 40.7 Å². The number of aromatic amines is 1. The molecular weight excluding hydrogens is 302 g/mol. The van der Waals surface area contributed by atoms with Gasteiger partial charge in [0.1, 0.15) is 5.69 Å². The number of anilines is 2. The number of benzene rings is 1. The van der Waals surface area contributed by atoms with Gasteiger partial charge >= 0.3 is 0 Å². The van der Waals surface area contributed by atoms with Crippen molar-refractivity contribution in [1.82, 2.24) is 10.2 Å². The Labute approximate surface area is 124 Å². The third-order valence-electron chi connectivity index (χ3n) is 2.75. The third kappa shape index (κ3) is 3.49. The zero-order valence-corrected chi connectivity index (χ0v) is 12.1. The molecule has 21 heavy (non-hydrogen) atoms. The van der Waals surface area contributed by atoms with E-state index in [4.69, 9.17) is 11.6 Å². The Morgan fingerprint density at radius 3 is 2.67 bits per heavy atom. The monoisotopic (exact) mass is 314 g/mol. The maximum Gasteiger partial charge on any atom is 0.279 e. The van der Waals surface area contributed by atoms with Crippen LogP contribution in [0.25, 0.3) is 0 Å². The van der Waals surface area contributed by atoms with Gasteiger partial charge in [0, 0.05) is 19.1 Å². The molecule has 0 spiro atoms. The number of carbonyl (C=O) groups excluding carboxylic acids is 1. The smallest absolute Gasteiger partial charge is 0.279 e. The van der Waals surface area contributed by atoms with E-state index in [1.54, 1.807) is 23.1 Å². The van der Waals surface area contributed by atoms with E-state index in [-0.39, 0.29) is 5.69 Å². The molecule has 5 nitrogen and oxygen atoms in total. The maximum absolute atomic E-state index is 12.5. The first kappa shape index (κ1) is 15.2. The Morgan fingerprint density at radius 2 is 2.10 bits per heavy atom. The van der Waals surface area contributed by atoms with Gasteiger partial charge in [-0.15, -0.1) is 0 Å². The number of hydrogen-bond donors (Lipinski definition) is 2. The molecule has 0 aliphatic rings. The predicted octanol–water partition coefficient (Wildman–Crippen LogP) is 3.32. The van der Waals surface area contributed by atoms with Crippen molar-refractivity contribution in [1.29, 1.82) is 0 Å². The van der Waals surface area contributed by atoms with Crippen molar-refractivity contribution in [2.45, 2.75) is 6.43 Å². The van der Waals surface area contributed by atoms with Gasteiger partial charge in [-0.05, 0) is 24.3 Å². The highest BCUT2D eigenvalue weighted by molar-refractivity contribution is 6.31. The van der Waals surface area contributed by atoms with E-state index in [0.29, 0.717) is 10.7 Å². The van der Waals surface area contributed by atoms with E-state index < -0.39 is 18.0 Å². The number of aromatic nitrogens is 2. The minimum Gasteiger partial charge on any atom is -0.376 e. The molecule has 112 valence electrons. The van der Waals surface area contributed by atoms with Crippen molar-refractivity contribution < 1.29 is 13.6 Å². The van der Waals surface area contributed by atoms with Crippen LogP contribution in [0.2, 0.25) is 5.02 Å². The largest absolute Gasteiger partial charge is 0.376 e. The fourth-order valence-electron chi connectivity index (χ4n) is 1.75. The van der Waals surface area contributed by atoms with Crippen LogP contribution in [0.1, 0.15) is 22.6 Å². The molecule has 1 amide bonds. The number of carbonyl (C=O) groups is 1. The molecule has 1 heterocycles. The molecule has 0 saturated carbocycles. The maximum atomic E-state index is 12.5. The molecule has 0 atom stereocenters. The summed E-state index contributed by atoms with van der Waals surface area (Å²) in [5.74, 6) is -0.594. The number of halogens is 3. The second kappa shape index (κ2) is 6.09. The lowest BCUT2D eigenvalue weighted by atomic mass is 10.2. The first-order valence-corrected chi connectivity index (χ1v) is 6.38. The fraction of sp³-hybridized carbons (Fsp3) is 0.231. The van der Waals surface area contributed by atoms with E-state index in [9.17, 15) is 13.6 Å². The van der Waals surface area contributed by atoms with Crippen LogP contribution in [0.15, 0.2) is 24.3 Å². The molecule has 2 N–H and O–H groups in total. The summed E-state index contributed by atoms with van der Waals surface area (Å²) >= 11 is 5.91. The molecule has 0 aliphatic carbocycles. The standard InChI is InChI=1S/C13H13ClF2N4O/c1-20(2)11-4-3-7(14)5-8(11)17-13(21)10-6-9(12(15)16)18-19-10/h3-6,12H,1-2H3,(H,17,21)(H,18,19). The van der Waals surface area contributed by atoms with Crippen molar-refractivity contribution in [2.24, 2.45) is 0 Å². The Kier molecular flexibility index (Phi) is 4.42. The molecule has 1 aromatic heterocycles. The summed E-state index contributed by atoms with van der Waals surface area (Å²) in [5.41, 5.74) is 0.686. The van der Waals surface area contributed by atoms with Crippen LogP contribution in [0.3, 0.4) is 0 Å². The molecule has 0 fully saturated rings. The Morgan fingerprint density at radius 1 is 1.38 bits per heavy atom. The van der Waals surface area contributed by atoms with Crippen LogP contribution < -0.4 is 10.2 Å². The first-order chi connectivity index (χ1) is 9.88. The number of nitrogens with one attached hydrogen (secondary N) is 2. The second-order valence-electron chi connectivity index (χ2n) is 4.52. The summed E-state index contributed by atoms with van der Waals surface area (Å²) in [6, 6.07) is 6.03. The third-order valence-corrected chi connectivity index (χ3v) is 2.99. The second-order valence-corrected chi connectivity index (χ2v) is 4.96. The zero-order chi connectivity index (χ0) is 15.6. The lowest BCUT2D eigenvalue weighted by molar-refractivity contribution is 0.102. The molecule has 2 rings (SSSR count). The molecule has 0 bridgehead atoms. The lowest BCUT2D eigenvalue weighted by Gasteiger charge is -2.17. The number of rotatable bonds is 4. The van der Waals surface area contributed by atoms with Gasteiger partial charge in [0.05, 0.1) is 11.4 Å². The minimum absolute atomic E-state index is 0.116. The van der Waals surface area contributed by atoms with Gasteiger partial charge in [0.15, 0.2) is 5.69 Å². The summed E-state index contributed by atoms with van der Waals surface area (Å²) in [6.45, 7) is 0. The summed E-state index contributed by atoms with van der Waals surface area (Å²) in [6.07, 6.45) is -2.71. The molecule has 0 saturated heterocycles. The fourth-order valence-corrected chi connectivity index (χ4v) is 1.92. The van der Waals surface area contributed by atoms with Crippen LogP contribution in [-0.2, 0) is 0 Å². The molecule has 0 unspecified atom stereocenters. The van der Waals surface area contributed by atoms with Crippen molar-refractivity contribution in [2.75, 3.05) is 24.3 Å². The predicted molar refractivity (Wildman–Crippen MR) is 77.3 cm³/mol. The highest BCUT2D eigenvalue weighted by Gasteiger charge is 2.17. The van der Waals surface area contributed by atoms with Crippen LogP contribution >= 0.6 is 11.6 Å². The van der Waals surface area contributed by atoms with Crippen LogP contribution in [0.4, 0.5) is 20.2 Å². The highest BCUT2D eigenvalue weighted by atomic mass is 35.5. The highest BCUT2D eigenvalue weighted by Crippen LogP contribution is 2.28. The SMILES string of the molecule is CN(C)c1ccc(Cl)cc1NC(=O)c1cc(C(F)F)[nH]n1. The zero-order valence-electron chi connectivity index (χ0n) is 11.3. The van der Waals surface area contributed by atoms with Crippen molar-refractivity contribution in [3.63, 3.8) is 0 Å². The Hall–Kier alpha value is -2.15. The van der Waals surface area contributed by atoms with Gasteiger partial charge in [-0.25, -0.2) is 8.78 Å². The lowest BCUT2D eigenvalue weighted by Crippen LogP contribution is -2.17. The first-order valence-electron chi connectivity index (χ1n) is 6.00. The molecule has 0 radical (unpaired) electrons. The van der Waals surface area contributed by atoms with Gasteiger partial charge in [-0.2, -0.15) is 5.10 Å². The van der Waals surface area contributed by atoms with E-state index in [1.807, 2.05) is 14.1 Å². The van der Waals surface area contributed by atoms with E-state index in [2.05, 4.69) is 15.5 Å². The minimum atomic E-state index is -2.71. The van der Waals surface area contributed by atoms with E-state index >= 15 is 0 Å². The van der Waals surface area contributed by atoms with Crippen molar-refractivity contribution >= 4 is 28.9 Å². The molecular formula is C13H13ClF2N4O. The van der Waals surface area contributed by atoms with Crippen molar-refractivity contribution in [3.8, 4) is 0 Å². The van der Waals surface area contributed by atoms with Crippen LogP contribution in [0, 0.1) is 0 Å². The normalized spacial score (nSPS) is 10.8. The van der Waals surface area contributed by atoms with E-state index in [1.165, 1.54) is 0 Å². The molecule has 0 aliphatic heterocycles. The summed E-state index contributed by atoms with van der Waals surface area (Å²) < 4.78 is 24.9. The van der Waals surface area contributed by atoms with Gasteiger partial charge < -0.3 is 10.2 Å². The van der Waals surface area contributed by atoms with Gasteiger partial charge in [-0.3, -0.25) is 9.89 Å². The summed E-state index contributed by atoms with van der Waals surface area (Å²) in [7, 11) is 3.62. The van der Waals surface area contributed by atoms with Gasteiger partial charge in [0.25, 0.3) is 12.3 Å². The van der Waals surface area contributed by atoms with Crippen LogP contribution in [0.5, 0.6) is 0 Å². The average molecular weight is 315 g/mol. The Balaban J connectivity index is 2.24. The van der Waals surface area contributed by atoms with Crippen LogP contribution in [-0.4, -0.2) is 30.2 Å². The number of H-pyrrole nitrogens is 1. The summed E-state index contributed by atoms with van der Waals surface area (Å²) in [5, 5.41) is 8.75. The molecule has 2 aromatic rings. The topological polar surface area (TPSA) is 61.0 Å². The van der Waals surface area contributed by atoms with Gasteiger partial charge in [-0.1, -0.05) is 11.6 Å². The van der Waals surface area contributed by atoms with E-state index in [0.717, 1.165) is 11.8 Å². The Bertz CT molecular complexity index is 657. The van der Waals surface area contributed by atoms with Gasteiger partial charge in [0.2, 0.25) is 0 Å². The summed E-state index contributed by atoms with van der Waals surface area (Å²) in [4.78, 5) is 13.8. The molecule has 8 heteroatoms.